The van der Waals surface area contributed by atoms with Gasteiger partial charge >= 0.3 is 0 Å². The normalized spacial score (nSPS) is 24.7. The van der Waals surface area contributed by atoms with Crippen LogP contribution in [-0.2, 0) is 16.1 Å². The lowest BCUT2D eigenvalue weighted by Gasteiger charge is -2.40. The number of halogens is 1. The molecule has 5 nitrogen and oxygen atoms in total. The van der Waals surface area contributed by atoms with Crippen molar-refractivity contribution in [2.45, 2.75) is 32.2 Å². The molecule has 0 radical (unpaired) electrons. The first-order valence-electron chi connectivity index (χ1n) is 8.70. The number of carbonyl (C=O) groups excluding carboxylic acids is 1. The highest BCUT2D eigenvalue weighted by molar-refractivity contribution is 6.29. The van der Waals surface area contributed by atoms with Crippen LogP contribution in [0.25, 0.3) is 0 Å². The summed E-state index contributed by atoms with van der Waals surface area (Å²) in [5.74, 6) is 0.233. The summed E-state index contributed by atoms with van der Waals surface area (Å²) < 4.78 is 5.04. The van der Waals surface area contributed by atoms with Crippen molar-refractivity contribution < 1.29 is 9.53 Å². The summed E-state index contributed by atoms with van der Waals surface area (Å²) in [5, 5.41) is 0.536. The molecule has 0 aromatic carbocycles. The van der Waals surface area contributed by atoms with Gasteiger partial charge in [-0.05, 0) is 37.4 Å². The lowest BCUT2D eigenvalue weighted by Crippen LogP contribution is -2.47. The van der Waals surface area contributed by atoms with Crippen molar-refractivity contribution in [3.63, 3.8) is 0 Å². The van der Waals surface area contributed by atoms with E-state index in [1.54, 1.807) is 7.11 Å². The Morgan fingerprint density at radius 3 is 2.96 bits per heavy atom. The highest BCUT2D eigenvalue weighted by atomic mass is 35.5. The minimum atomic E-state index is 0.233. The van der Waals surface area contributed by atoms with Crippen molar-refractivity contribution in [3.8, 4) is 0 Å². The molecule has 0 unspecified atom stereocenters. The number of hydrogen-bond acceptors (Lipinski definition) is 4. The fraction of sp³-hybridized carbons (Fsp3) is 0.667. The molecule has 3 heterocycles. The highest BCUT2D eigenvalue weighted by Gasteiger charge is 2.42. The molecule has 0 saturated carbocycles. The number of hydrogen-bond donors (Lipinski definition) is 0. The smallest absolute Gasteiger partial charge is 0.224 e. The molecule has 24 heavy (non-hydrogen) atoms. The van der Waals surface area contributed by atoms with Crippen LogP contribution in [0.1, 0.15) is 31.2 Å². The van der Waals surface area contributed by atoms with Gasteiger partial charge in [0.15, 0.2) is 0 Å². The lowest BCUT2D eigenvalue weighted by molar-refractivity contribution is -0.135. The molecule has 0 N–H and O–H groups in total. The van der Waals surface area contributed by atoms with E-state index in [1.807, 2.05) is 18.3 Å². The number of amides is 1. The Morgan fingerprint density at radius 2 is 2.21 bits per heavy atom. The average Bonchev–Trinajstić information content (AvgIpc) is 2.96. The number of nitrogens with zero attached hydrogens (tertiary/aromatic N) is 3. The molecule has 1 aromatic heterocycles. The summed E-state index contributed by atoms with van der Waals surface area (Å²) in [6.07, 6.45) is 5.84. The van der Waals surface area contributed by atoms with E-state index < -0.39 is 0 Å². The Balaban J connectivity index is 1.56. The second kappa shape index (κ2) is 7.81. The molecule has 2 aliphatic heterocycles. The molecule has 132 valence electrons. The molecule has 1 atom stereocenters. The number of pyridine rings is 1. The molecular weight excluding hydrogens is 326 g/mol. The van der Waals surface area contributed by atoms with Gasteiger partial charge in [0, 0.05) is 44.9 Å². The van der Waals surface area contributed by atoms with Gasteiger partial charge in [-0.3, -0.25) is 9.69 Å². The van der Waals surface area contributed by atoms with Crippen molar-refractivity contribution in [1.82, 2.24) is 14.8 Å². The first-order valence-corrected chi connectivity index (χ1v) is 9.08. The Bertz CT molecular complexity index is 566. The van der Waals surface area contributed by atoms with Gasteiger partial charge in [0.1, 0.15) is 5.15 Å². The second-order valence-electron chi connectivity index (χ2n) is 7.11. The predicted molar refractivity (Wildman–Crippen MR) is 93.9 cm³/mol. The summed E-state index contributed by atoms with van der Waals surface area (Å²) in [7, 11) is 1.64. The van der Waals surface area contributed by atoms with E-state index in [2.05, 4.69) is 14.8 Å². The van der Waals surface area contributed by atoms with Crippen LogP contribution in [0.3, 0.4) is 0 Å². The Labute approximate surface area is 148 Å². The third-order valence-electron chi connectivity index (χ3n) is 5.25. The Kier molecular flexibility index (Phi) is 5.74. The second-order valence-corrected chi connectivity index (χ2v) is 7.50. The number of methoxy groups -OCH3 is 1. The number of ether oxygens (including phenoxy) is 1. The van der Waals surface area contributed by atoms with Gasteiger partial charge in [-0.25, -0.2) is 4.98 Å². The van der Waals surface area contributed by atoms with Crippen LogP contribution in [0, 0.1) is 5.41 Å². The van der Waals surface area contributed by atoms with Crippen LogP contribution in [0.5, 0.6) is 0 Å². The minimum absolute atomic E-state index is 0.233. The predicted octanol–water partition coefficient (Wildman–Crippen LogP) is 2.59. The molecule has 1 spiro atoms. The Morgan fingerprint density at radius 1 is 1.33 bits per heavy atom. The van der Waals surface area contributed by atoms with Gasteiger partial charge in [0.2, 0.25) is 5.91 Å². The van der Waals surface area contributed by atoms with Crippen LogP contribution in [0.2, 0.25) is 5.15 Å². The maximum Gasteiger partial charge on any atom is 0.224 e. The number of likely N-dealkylation sites (tertiary alicyclic amines) is 2. The van der Waals surface area contributed by atoms with E-state index in [0.717, 1.165) is 39.1 Å². The largest absolute Gasteiger partial charge is 0.384 e. The van der Waals surface area contributed by atoms with E-state index in [4.69, 9.17) is 16.3 Å². The quantitative estimate of drug-likeness (QED) is 0.765. The van der Waals surface area contributed by atoms with Crippen LogP contribution >= 0.6 is 11.6 Å². The molecule has 2 aliphatic rings. The third kappa shape index (κ3) is 4.26. The summed E-state index contributed by atoms with van der Waals surface area (Å²) in [6, 6.07) is 3.89. The van der Waals surface area contributed by atoms with Crippen LogP contribution in [0.15, 0.2) is 18.3 Å². The van der Waals surface area contributed by atoms with Crippen molar-refractivity contribution in [1.29, 1.82) is 0 Å². The van der Waals surface area contributed by atoms with Gasteiger partial charge in [-0.1, -0.05) is 17.7 Å². The van der Waals surface area contributed by atoms with E-state index >= 15 is 0 Å². The zero-order chi connectivity index (χ0) is 17.0. The van der Waals surface area contributed by atoms with Crippen LogP contribution < -0.4 is 0 Å². The SMILES string of the molecule is COCCC(=O)N1CCC[C@@]2(CCN(Cc3ccc(Cl)nc3)C2)C1. The van der Waals surface area contributed by atoms with E-state index in [0.29, 0.717) is 18.2 Å². The fourth-order valence-corrected chi connectivity index (χ4v) is 4.13. The first kappa shape index (κ1) is 17.6. The van der Waals surface area contributed by atoms with Crippen molar-refractivity contribution in [2.75, 3.05) is 39.9 Å². The summed E-state index contributed by atoms with van der Waals surface area (Å²) in [5.41, 5.74) is 1.46. The van der Waals surface area contributed by atoms with Crippen LogP contribution in [0.4, 0.5) is 0 Å². The monoisotopic (exact) mass is 351 g/mol. The molecule has 1 aromatic rings. The minimum Gasteiger partial charge on any atom is -0.384 e. The number of aromatic nitrogens is 1. The average molecular weight is 352 g/mol. The number of rotatable bonds is 5. The maximum absolute atomic E-state index is 12.3. The molecule has 2 fully saturated rings. The molecule has 2 saturated heterocycles. The van der Waals surface area contributed by atoms with Crippen molar-refractivity contribution in [3.05, 3.63) is 29.0 Å². The highest BCUT2D eigenvalue weighted by Crippen LogP contribution is 2.39. The number of carbonyl (C=O) groups is 1. The summed E-state index contributed by atoms with van der Waals surface area (Å²) in [6.45, 7) is 5.35. The zero-order valence-electron chi connectivity index (χ0n) is 14.3. The van der Waals surface area contributed by atoms with E-state index in [-0.39, 0.29) is 11.3 Å². The standard InChI is InChI=1S/C18H26ClN3O2/c1-24-10-5-17(23)22-8-2-6-18(14-22)7-9-21(13-18)12-15-3-4-16(19)20-11-15/h3-4,11H,2,5-10,12-14H2,1H3/t18-/m0/s1. The molecule has 3 rings (SSSR count). The first-order chi connectivity index (χ1) is 11.6. The molecular formula is C18H26ClN3O2. The molecule has 0 bridgehead atoms. The van der Waals surface area contributed by atoms with Crippen molar-refractivity contribution in [2.24, 2.45) is 5.41 Å². The molecule has 6 heteroatoms. The Hall–Kier alpha value is -1.17. The molecule has 1 amide bonds. The van der Waals surface area contributed by atoms with Gasteiger partial charge in [-0.15, -0.1) is 0 Å². The van der Waals surface area contributed by atoms with Gasteiger partial charge in [-0.2, -0.15) is 0 Å². The van der Waals surface area contributed by atoms with Crippen LogP contribution in [-0.4, -0.2) is 60.6 Å². The van der Waals surface area contributed by atoms with Crippen molar-refractivity contribution >= 4 is 17.5 Å². The summed E-state index contributed by atoms with van der Waals surface area (Å²) in [4.78, 5) is 21.0. The van der Waals surface area contributed by atoms with Gasteiger partial charge in [0.05, 0.1) is 13.0 Å². The zero-order valence-corrected chi connectivity index (χ0v) is 15.1. The summed E-state index contributed by atoms with van der Waals surface area (Å²) >= 11 is 5.86. The fourth-order valence-electron chi connectivity index (χ4n) is 4.02. The van der Waals surface area contributed by atoms with E-state index in [9.17, 15) is 4.79 Å². The lowest BCUT2D eigenvalue weighted by atomic mass is 9.79. The topological polar surface area (TPSA) is 45.7 Å². The van der Waals surface area contributed by atoms with Gasteiger partial charge < -0.3 is 9.64 Å². The molecule has 0 aliphatic carbocycles. The van der Waals surface area contributed by atoms with E-state index in [1.165, 1.54) is 18.4 Å². The third-order valence-corrected chi connectivity index (χ3v) is 5.47. The number of piperidine rings is 1. The maximum atomic E-state index is 12.3. The van der Waals surface area contributed by atoms with Gasteiger partial charge in [0.25, 0.3) is 0 Å².